The molecule has 0 saturated carbocycles. The van der Waals surface area contributed by atoms with Crippen LogP contribution in [0.2, 0.25) is 0 Å². The van der Waals surface area contributed by atoms with Gasteiger partial charge in [0.15, 0.2) is 5.78 Å². The summed E-state index contributed by atoms with van der Waals surface area (Å²) in [6, 6.07) is 6.49. The second-order valence-corrected chi connectivity index (χ2v) is 6.70. The van der Waals surface area contributed by atoms with Gasteiger partial charge in [0, 0.05) is 11.8 Å². The van der Waals surface area contributed by atoms with E-state index in [9.17, 15) is 13.2 Å². The number of benzene rings is 1. The minimum absolute atomic E-state index is 0.0625. The van der Waals surface area contributed by atoms with Crippen molar-refractivity contribution in [2.24, 2.45) is 5.73 Å². The Balaban J connectivity index is 2.68. The molecule has 1 atom stereocenters. The van der Waals surface area contributed by atoms with Crippen LogP contribution < -0.4 is 5.73 Å². The standard InChI is InChI=1S/C13H19NO3S/c1-3-10-4-6-11(7-5-10)13(15)12(14)8-9-18(2,16)17/h4-7,12H,3,8-9,14H2,1-2H3. The molecular weight excluding hydrogens is 250 g/mol. The van der Waals surface area contributed by atoms with Crippen LogP contribution in [0.15, 0.2) is 24.3 Å². The number of Topliss-reactive ketones (excluding diaryl/α,β-unsaturated/α-hetero) is 1. The average Bonchev–Trinajstić information content (AvgIpc) is 2.34. The van der Waals surface area contributed by atoms with Crippen molar-refractivity contribution < 1.29 is 13.2 Å². The predicted molar refractivity (Wildman–Crippen MR) is 72.5 cm³/mol. The molecule has 100 valence electrons. The number of ketones is 1. The Bertz CT molecular complexity index is 506. The smallest absolute Gasteiger partial charge is 0.179 e. The molecule has 0 heterocycles. The normalized spacial score (nSPS) is 13.3. The number of hydrogen-bond donors (Lipinski definition) is 1. The molecule has 0 bridgehead atoms. The summed E-state index contributed by atoms with van der Waals surface area (Å²) in [4.78, 5) is 11.9. The third-order valence-electron chi connectivity index (χ3n) is 2.78. The molecule has 1 unspecified atom stereocenters. The molecule has 0 radical (unpaired) electrons. The first-order valence-corrected chi connectivity index (χ1v) is 7.96. The molecule has 0 aliphatic heterocycles. The van der Waals surface area contributed by atoms with Gasteiger partial charge in [0.2, 0.25) is 0 Å². The van der Waals surface area contributed by atoms with E-state index in [1.54, 1.807) is 12.1 Å². The van der Waals surface area contributed by atoms with Crippen molar-refractivity contribution in [1.29, 1.82) is 0 Å². The summed E-state index contributed by atoms with van der Waals surface area (Å²) < 4.78 is 22.0. The summed E-state index contributed by atoms with van der Waals surface area (Å²) in [5.74, 6) is -0.270. The van der Waals surface area contributed by atoms with Gasteiger partial charge in [-0.1, -0.05) is 31.2 Å². The van der Waals surface area contributed by atoms with Gasteiger partial charge in [-0.2, -0.15) is 0 Å². The maximum absolute atomic E-state index is 11.9. The van der Waals surface area contributed by atoms with Crippen LogP contribution >= 0.6 is 0 Å². The topological polar surface area (TPSA) is 77.2 Å². The Hall–Kier alpha value is -1.20. The number of aryl methyl sites for hydroxylation is 1. The molecule has 0 aliphatic rings. The van der Waals surface area contributed by atoms with E-state index in [2.05, 4.69) is 0 Å². The van der Waals surface area contributed by atoms with E-state index in [1.165, 1.54) is 0 Å². The van der Waals surface area contributed by atoms with Crippen molar-refractivity contribution in [3.8, 4) is 0 Å². The van der Waals surface area contributed by atoms with Crippen LogP contribution in [0, 0.1) is 0 Å². The van der Waals surface area contributed by atoms with Crippen LogP contribution in [0.5, 0.6) is 0 Å². The van der Waals surface area contributed by atoms with E-state index < -0.39 is 15.9 Å². The van der Waals surface area contributed by atoms with Gasteiger partial charge in [0.05, 0.1) is 11.8 Å². The van der Waals surface area contributed by atoms with Gasteiger partial charge in [0.1, 0.15) is 9.84 Å². The van der Waals surface area contributed by atoms with Crippen LogP contribution in [-0.2, 0) is 16.3 Å². The molecule has 0 spiro atoms. The third kappa shape index (κ3) is 4.58. The van der Waals surface area contributed by atoms with Gasteiger partial charge in [-0.25, -0.2) is 8.42 Å². The number of hydrogen-bond acceptors (Lipinski definition) is 4. The van der Waals surface area contributed by atoms with Crippen molar-refractivity contribution >= 4 is 15.6 Å². The Morgan fingerprint density at radius 1 is 1.28 bits per heavy atom. The van der Waals surface area contributed by atoms with Crippen molar-refractivity contribution in [2.75, 3.05) is 12.0 Å². The highest BCUT2D eigenvalue weighted by atomic mass is 32.2. The second-order valence-electron chi connectivity index (χ2n) is 4.44. The maximum atomic E-state index is 11.9. The summed E-state index contributed by atoms with van der Waals surface area (Å²) in [7, 11) is -3.08. The zero-order valence-corrected chi connectivity index (χ0v) is 11.5. The highest BCUT2D eigenvalue weighted by Crippen LogP contribution is 2.09. The quantitative estimate of drug-likeness (QED) is 0.787. The fraction of sp³-hybridized carbons (Fsp3) is 0.462. The highest BCUT2D eigenvalue weighted by Gasteiger charge is 2.17. The molecule has 1 aromatic carbocycles. The van der Waals surface area contributed by atoms with Crippen molar-refractivity contribution in [2.45, 2.75) is 25.8 Å². The minimum atomic E-state index is -3.08. The largest absolute Gasteiger partial charge is 0.321 e. The Kier molecular flexibility index (Phi) is 5.04. The molecule has 0 saturated heterocycles. The van der Waals surface area contributed by atoms with Crippen LogP contribution in [0.3, 0.4) is 0 Å². The number of carbonyl (C=O) groups excluding carboxylic acids is 1. The summed E-state index contributed by atoms with van der Waals surface area (Å²) >= 11 is 0. The van der Waals surface area contributed by atoms with Gasteiger partial charge in [-0.3, -0.25) is 4.79 Å². The SMILES string of the molecule is CCc1ccc(C(=O)C(N)CCS(C)(=O)=O)cc1. The van der Waals surface area contributed by atoms with Crippen LogP contribution in [0.4, 0.5) is 0 Å². The first-order chi connectivity index (χ1) is 8.33. The van der Waals surface area contributed by atoms with Crippen LogP contribution in [-0.4, -0.2) is 32.3 Å². The lowest BCUT2D eigenvalue weighted by atomic mass is 10.0. The van der Waals surface area contributed by atoms with Crippen molar-refractivity contribution in [3.05, 3.63) is 35.4 Å². The highest BCUT2D eigenvalue weighted by molar-refractivity contribution is 7.90. The van der Waals surface area contributed by atoms with E-state index in [0.29, 0.717) is 5.56 Å². The molecule has 2 N–H and O–H groups in total. The van der Waals surface area contributed by atoms with Gasteiger partial charge in [0.25, 0.3) is 0 Å². The van der Waals surface area contributed by atoms with Gasteiger partial charge in [-0.05, 0) is 18.4 Å². The maximum Gasteiger partial charge on any atom is 0.179 e. The molecule has 1 aromatic rings. The molecule has 0 amide bonds. The van der Waals surface area contributed by atoms with E-state index in [-0.39, 0.29) is 18.0 Å². The molecule has 0 aliphatic carbocycles. The van der Waals surface area contributed by atoms with E-state index in [1.807, 2.05) is 19.1 Å². The second kappa shape index (κ2) is 6.11. The first-order valence-electron chi connectivity index (χ1n) is 5.90. The van der Waals surface area contributed by atoms with Gasteiger partial charge < -0.3 is 5.73 Å². The summed E-state index contributed by atoms with van der Waals surface area (Å²) in [6.07, 6.45) is 2.21. The molecule has 4 nitrogen and oxygen atoms in total. The Morgan fingerprint density at radius 3 is 2.28 bits per heavy atom. The zero-order chi connectivity index (χ0) is 13.8. The molecule has 5 heteroatoms. The molecule has 0 fully saturated rings. The van der Waals surface area contributed by atoms with E-state index in [0.717, 1.165) is 18.2 Å². The van der Waals surface area contributed by atoms with Crippen LogP contribution in [0.25, 0.3) is 0 Å². The summed E-state index contributed by atoms with van der Waals surface area (Å²) in [6.45, 7) is 2.04. The zero-order valence-electron chi connectivity index (χ0n) is 10.7. The monoisotopic (exact) mass is 269 g/mol. The number of sulfone groups is 1. The summed E-state index contributed by atoms with van der Waals surface area (Å²) in [5.41, 5.74) is 7.40. The van der Waals surface area contributed by atoms with E-state index >= 15 is 0 Å². The number of rotatable bonds is 6. The fourth-order valence-corrected chi connectivity index (χ4v) is 2.27. The van der Waals surface area contributed by atoms with E-state index in [4.69, 9.17) is 5.73 Å². The minimum Gasteiger partial charge on any atom is -0.321 e. The number of carbonyl (C=O) groups is 1. The van der Waals surface area contributed by atoms with Crippen molar-refractivity contribution in [3.63, 3.8) is 0 Å². The third-order valence-corrected chi connectivity index (χ3v) is 3.76. The Morgan fingerprint density at radius 2 is 1.83 bits per heavy atom. The van der Waals surface area contributed by atoms with Crippen molar-refractivity contribution in [1.82, 2.24) is 0 Å². The first kappa shape index (κ1) is 14.9. The predicted octanol–water partition coefficient (Wildman–Crippen LogP) is 1.19. The molecule has 0 aromatic heterocycles. The van der Waals surface area contributed by atoms with Gasteiger partial charge >= 0.3 is 0 Å². The van der Waals surface area contributed by atoms with Gasteiger partial charge in [-0.15, -0.1) is 0 Å². The fourth-order valence-electron chi connectivity index (χ4n) is 1.59. The lowest BCUT2D eigenvalue weighted by molar-refractivity contribution is 0.0960. The number of nitrogens with two attached hydrogens (primary N) is 1. The Labute approximate surface area is 108 Å². The summed E-state index contributed by atoms with van der Waals surface area (Å²) in [5, 5.41) is 0. The molecule has 1 rings (SSSR count). The molecular formula is C13H19NO3S. The van der Waals surface area contributed by atoms with Crippen LogP contribution in [0.1, 0.15) is 29.3 Å². The lowest BCUT2D eigenvalue weighted by Crippen LogP contribution is -2.32. The lowest BCUT2D eigenvalue weighted by Gasteiger charge is -2.10. The average molecular weight is 269 g/mol. The molecule has 18 heavy (non-hydrogen) atoms.